The van der Waals surface area contributed by atoms with E-state index in [1.165, 1.54) is 6.39 Å². The SMILES string of the molecule is Cc1ccc(Br)c(C(=O)NCCc2ncon2)c1. The van der Waals surface area contributed by atoms with Crippen LogP contribution < -0.4 is 5.32 Å². The first-order chi connectivity index (χ1) is 8.66. The van der Waals surface area contributed by atoms with Crippen LogP contribution in [0, 0.1) is 6.92 Å². The second kappa shape index (κ2) is 5.77. The van der Waals surface area contributed by atoms with E-state index in [1.807, 2.05) is 25.1 Å². The highest BCUT2D eigenvalue weighted by molar-refractivity contribution is 9.10. The highest BCUT2D eigenvalue weighted by Gasteiger charge is 2.09. The third-order valence-corrected chi connectivity index (χ3v) is 3.10. The number of carbonyl (C=O) groups is 1. The van der Waals surface area contributed by atoms with Crippen LogP contribution >= 0.6 is 15.9 Å². The minimum atomic E-state index is -0.117. The number of halogens is 1. The van der Waals surface area contributed by atoms with E-state index in [-0.39, 0.29) is 5.91 Å². The molecule has 1 N–H and O–H groups in total. The van der Waals surface area contributed by atoms with E-state index in [2.05, 4.69) is 35.9 Å². The average molecular weight is 310 g/mol. The van der Waals surface area contributed by atoms with E-state index in [1.54, 1.807) is 0 Å². The molecule has 94 valence electrons. The molecule has 0 aliphatic heterocycles. The summed E-state index contributed by atoms with van der Waals surface area (Å²) < 4.78 is 5.39. The van der Waals surface area contributed by atoms with Crippen molar-refractivity contribution in [2.24, 2.45) is 0 Å². The maximum absolute atomic E-state index is 11.9. The largest absolute Gasteiger partial charge is 0.352 e. The van der Waals surface area contributed by atoms with Gasteiger partial charge in [-0.25, -0.2) is 0 Å². The van der Waals surface area contributed by atoms with Crippen LogP contribution in [0.5, 0.6) is 0 Å². The quantitative estimate of drug-likeness (QED) is 0.939. The number of nitrogens with one attached hydrogen (secondary N) is 1. The molecule has 1 amide bonds. The summed E-state index contributed by atoms with van der Waals surface area (Å²) in [5.74, 6) is 0.465. The molecular weight excluding hydrogens is 298 g/mol. The van der Waals surface area contributed by atoms with Gasteiger partial charge in [0.25, 0.3) is 5.91 Å². The lowest BCUT2D eigenvalue weighted by molar-refractivity contribution is 0.0953. The van der Waals surface area contributed by atoms with Crippen LogP contribution in [0.4, 0.5) is 0 Å². The first-order valence-corrected chi connectivity index (χ1v) is 6.25. The zero-order valence-corrected chi connectivity index (χ0v) is 11.4. The van der Waals surface area contributed by atoms with E-state index >= 15 is 0 Å². The molecule has 2 aromatic rings. The fraction of sp³-hybridized carbons (Fsp3) is 0.250. The zero-order valence-electron chi connectivity index (χ0n) is 9.81. The number of aryl methyl sites for hydroxylation is 1. The number of aromatic nitrogens is 2. The van der Waals surface area contributed by atoms with Gasteiger partial charge in [-0.15, -0.1) is 0 Å². The summed E-state index contributed by atoms with van der Waals surface area (Å²) in [5.41, 5.74) is 1.67. The molecule has 6 heteroatoms. The van der Waals surface area contributed by atoms with Gasteiger partial charge in [-0.3, -0.25) is 4.79 Å². The Morgan fingerprint density at radius 1 is 1.50 bits per heavy atom. The maximum Gasteiger partial charge on any atom is 0.252 e. The molecule has 0 fully saturated rings. The highest BCUT2D eigenvalue weighted by Crippen LogP contribution is 2.17. The van der Waals surface area contributed by atoms with Crippen molar-refractivity contribution in [3.63, 3.8) is 0 Å². The first-order valence-electron chi connectivity index (χ1n) is 5.46. The summed E-state index contributed by atoms with van der Waals surface area (Å²) in [5, 5.41) is 6.49. The number of rotatable bonds is 4. The number of carbonyl (C=O) groups excluding carboxylic acids is 1. The van der Waals surface area contributed by atoms with Gasteiger partial charge >= 0.3 is 0 Å². The lowest BCUT2D eigenvalue weighted by Crippen LogP contribution is -2.26. The zero-order chi connectivity index (χ0) is 13.0. The molecule has 0 aliphatic rings. The normalized spacial score (nSPS) is 10.3. The third kappa shape index (κ3) is 3.16. The van der Waals surface area contributed by atoms with Gasteiger partial charge in [-0.05, 0) is 35.0 Å². The molecule has 1 aromatic heterocycles. The predicted octanol–water partition coefficient (Wildman–Crippen LogP) is 2.11. The third-order valence-electron chi connectivity index (χ3n) is 2.41. The van der Waals surface area contributed by atoms with Gasteiger partial charge < -0.3 is 9.84 Å². The molecule has 5 nitrogen and oxygen atoms in total. The Labute approximate surface area is 113 Å². The standard InChI is InChI=1S/C12H12BrN3O2/c1-8-2-3-10(13)9(6-8)12(17)14-5-4-11-15-7-18-16-11/h2-3,6-7H,4-5H2,1H3,(H,14,17). The van der Waals surface area contributed by atoms with E-state index in [0.717, 1.165) is 10.0 Å². The fourth-order valence-corrected chi connectivity index (χ4v) is 1.93. The Hall–Kier alpha value is -1.69. The van der Waals surface area contributed by atoms with Crippen molar-refractivity contribution >= 4 is 21.8 Å². The van der Waals surface area contributed by atoms with Crippen molar-refractivity contribution < 1.29 is 9.32 Å². The molecule has 0 saturated heterocycles. The van der Waals surface area contributed by atoms with Gasteiger partial charge in [-0.2, -0.15) is 4.98 Å². The Balaban J connectivity index is 1.93. The van der Waals surface area contributed by atoms with E-state index < -0.39 is 0 Å². The molecule has 2 rings (SSSR count). The van der Waals surface area contributed by atoms with Crippen molar-refractivity contribution in [2.75, 3.05) is 6.54 Å². The molecule has 0 radical (unpaired) electrons. The highest BCUT2D eigenvalue weighted by atomic mass is 79.9. The van der Waals surface area contributed by atoms with Gasteiger partial charge in [0.05, 0.1) is 5.56 Å². The fourth-order valence-electron chi connectivity index (χ4n) is 1.50. The number of amides is 1. The van der Waals surface area contributed by atoms with Crippen molar-refractivity contribution in [1.82, 2.24) is 15.5 Å². The van der Waals surface area contributed by atoms with Gasteiger partial charge in [0.1, 0.15) is 0 Å². The lowest BCUT2D eigenvalue weighted by Gasteiger charge is -2.06. The Morgan fingerprint density at radius 3 is 3.06 bits per heavy atom. The van der Waals surface area contributed by atoms with Gasteiger partial charge in [0.2, 0.25) is 6.39 Å². The van der Waals surface area contributed by atoms with E-state index in [9.17, 15) is 4.79 Å². The molecule has 0 bridgehead atoms. The van der Waals surface area contributed by atoms with E-state index in [0.29, 0.717) is 24.4 Å². The van der Waals surface area contributed by atoms with Crippen molar-refractivity contribution in [3.8, 4) is 0 Å². The topological polar surface area (TPSA) is 68.0 Å². The maximum atomic E-state index is 11.9. The number of benzene rings is 1. The van der Waals surface area contributed by atoms with Gasteiger partial charge in [0.15, 0.2) is 5.82 Å². The first kappa shape index (κ1) is 12.8. The van der Waals surface area contributed by atoms with Crippen LogP contribution in [0.3, 0.4) is 0 Å². The van der Waals surface area contributed by atoms with E-state index in [4.69, 9.17) is 0 Å². The summed E-state index contributed by atoms with van der Waals surface area (Å²) in [6.07, 6.45) is 1.82. The summed E-state index contributed by atoms with van der Waals surface area (Å²) in [6.45, 7) is 2.42. The van der Waals surface area contributed by atoms with Gasteiger partial charge in [0, 0.05) is 17.4 Å². The summed E-state index contributed by atoms with van der Waals surface area (Å²) in [6, 6.07) is 5.65. The van der Waals surface area contributed by atoms with Crippen LogP contribution in [-0.2, 0) is 6.42 Å². The molecule has 1 aromatic carbocycles. The van der Waals surface area contributed by atoms with Crippen LogP contribution in [-0.4, -0.2) is 22.6 Å². The Morgan fingerprint density at radius 2 is 2.33 bits per heavy atom. The predicted molar refractivity (Wildman–Crippen MR) is 69.2 cm³/mol. The molecule has 0 saturated carbocycles. The molecule has 0 aliphatic carbocycles. The molecule has 0 unspecified atom stereocenters. The van der Waals surface area contributed by atoms with Gasteiger partial charge in [-0.1, -0.05) is 16.8 Å². The second-order valence-corrected chi connectivity index (χ2v) is 4.69. The van der Waals surface area contributed by atoms with Crippen LogP contribution in [0.15, 0.2) is 33.6 Å². The monoisotopic (exact) mass is 309 g/mol. The molecule has 0 spiro atoms. The number of hydrogen-bond donors (Lipinski definition) is 1. The van der Waals surface area contributed by atoms with Crippen molar-refractivity contribution in [2.45, 2.75) is 13.3 Å². The minimum absolute atomic E-state index is 0.117. The second-order valence-electron chi connectivity index (χ2n) is 3.84. The molecule has 18 heavy (non-hydrogen) atoms. The Bertz CT molecular complexity index is 540. The van der Waals surface area contributed by atoms with Crippen molar-refractivity contribution in [3.05, 3.63) is 46.0 Å². The van der Waals surface area contributed by atoms with Crippen LogP contribution in [0.25, 0.3) is 0 Å². The number of hydrogen-bond acceptors (Lipinski definition) is 4. The molecule has 1 heterocycles. The molecule has 0 atom stereocenters. The van der Waals surface area contributed by atoms with Crippen LogP contribution in [0.1, 0.15) is 21.7 Å². The average Bonchev–Trinajstić information content (AvgIpc) is 2.85. The molecular formula is C12H12BrN3O2. The smallest absolute Gasteiger partial charge is 0.252 e. The Kier molecular flexibility index (Phi) is 4.09. The lowest BCUT2D eigenvalue weighted by atomic mass is 10.1. The summed E-state index contributed by atoms with van der Waals surface area (Å²) in [7, 11) is 0. The summed E-state index contributed by atoms with van der Waals surface area (Å²) >= 11 is 3.36. The minimum Gasteiger partial charge on any atom is -0.352 e. The van der Waals surface area contributed by atoms with Crippen molar-refractivity contribution in [1.29, 1.82) is 0 Å². The summed E-state index contributed by atoms with van der Waals surface area (Å²) in [4.78, 5) is 15.8. The number of nitrogens with zero attached hydrogens (tertiary/aromatic N) is 2. The van der Waals surface area contributed by atoms with Crippen LogP contribution in [0.2, 0.25) is 0 Å².